The summed E-state index contributed by atoms with van der Waals surface area (Å²) in [6.45, 7) is 3.73. The number of imidazole rings is 1. The highest BCUT2D eigenvalue weighted by atomic mass is 79.9. The number of ether oxygens (including phenoxy) is 1. The van der Waals surface area contributed by atoms with Crippen molar-refractivity contribution in [3.05, 3.63) is 63.5 Å². The van der Waals surface area contributed by atoms with Gasteiger partial charge in [-0.3, -0.25) is 0 Å². The van der Waals surface area contributed by atoms with Crippen LogP contribution in [0.2, 0.25) is 0 Å². The third-order valence-corrected chi connectivity index (χ3v) is 5.42. The molecule has 0 aliphatic rings. The maximum Gasteiger partial charge on any atom is 0.338 e. The number of rotatable bonds is 4. The van der Waals surface area contributed by atoms with Crippen molar-refractivity contribution in [2.75, 3.05) is 0 Å². The number of nitrogens with zero attached hydrogens (tertiary/aromatic N) is 3. The van der Waals surface area contributed by atoms with Gasteiger partial charge in [-0.05, 0) is 48.0 Å². The minimum Gasteiger partial charge on any atom is -0.451 e. The Kier molecular flexibility index (Phi) is 4.75. The monoisotopic (exact) mass is 442 g/mol. The summed E-state index contributed by atoms with van der Waals surface area (Å²) in [5, 5.41) is 2.93. The second kappa shape index (κ2) is 7.21. The van der Waals surface area contributed by atoms with Crippen LogP contribution in [-0.4, -0.2) is 25.9 Å². The Bertz CT molecular complexity index is 1120. The second-order valence-electron chi connectivity index (χ2n) is 6.07. The normalized spacial score (nSPS) is 12.3. The number of thiazole rings is 1. The van der Waals surface area contributed by atoms with Crippen LogP contribution in [0.25, 0.3) is 21.7 Å². The van der Waals surface area contributed by atoms with Crippen LogP contribution in [0.5, 0.6) is 0 Å². The third-order valence-electron chi connectivity index (χ3n) is 3.98. The lowest BCUT2D eigenvalue weighted by Gasteiger charge is -2.11. The van der Waals surface area contributed by atoms with Gasteiger partial charge < -0.3 is 9.72 Å². The molecule has 0 spiro atoms. The number of H-pyrrole nitrogens is 1. The number of aromatic amines is 1. The van der Waals surface area contributed by atoms with Crippen molar-refractivity contribution in [3.63, 3.8) is 0 Å². The summed E-state index contributed by atoms with van der Waals surface area (Å²) < 4.78 is 6.40. The molecule has 4 aromatic rings. The van der Waals surface area contributed by atoms with Gasteiger partial charge in [0.25, 0.3) is 0 Å². The van der Waals surface area contributed by atoms with E-state index in [0.29, 0.717) is 17.0 Å². The molecule has 0 radical (unpaired) electrons. The van der Waals surface area contributed by atoms with Crippen molar-refractivity contribution >= 4 is 44.4 Å². The SMILES string of the molecule is Cc1csc(-c2ccc(C(=O)OC(C)c3nc4ncc(Br)cc4[nH]3)cc2)n1. The van der Waals surface area contributed by atoms with Gasteiger partial charge in [0, 0.05) is 27.3 Å². The van der Waals surface area contributed by atoms with Crippen molar-refractivity contribution in [3.8, 4) is 10.6 Å². The lowest BCUT2D eigenvalue weighted by molar-refractivity contribution is 0.0322. The molecule has 0 aliphatic heterocycles. The minimum atomic E-state index is -0.522. The topological polar surface area (TPSA) is 80.8 Å². The Labute approximate surface area is 167 Å². The van der Waals surface area contributed by atoms with Crippen molar-refractivity contribution in [1.82, 2.24) is 19.9 Å². The molecule has 0 saturated heterocycles. The van der Waals surface area contributed by atoms with Crippen molar-refractivity contribution in [1.29, 1.82) is 0 Å². The zero-order chi connectivity index (χ0) is 19.0. The minimum absolute atomic E-state index is 0.404. The van der Waals surface area contributed by atoms with Gasteiger partial charge in [0.2, 0.25) is 0 Å². The Morgan fingerprint density at radius 3 is 2.74 bits per heavy atom. The largest absolute Gasteiger partial charge is 0.451 e. The zero-order valence-corrected chi connectivity index (χ0v) is 17.0. The number of hydrogen-bond acceptors (Lipinski definition) is 6. The van der Waals surface area contributed by atoms with Crippen LogP contribution in [0.3, 0.4) is 0 Å². The van der Waals surface area contributed by atoms with Gasteiger partial charge in [0.15, 0.2) is 11.8 Å². The quantitative estimate of drug-likeness (QED) is 0.446. The number of nitrogens with one attached hydrogen (secondary N) is 1. The Balaban J connectivity index is 1.49. The Morgan fingerprint density at radius 1 is 1.26 bits per heavy atom. The summed E-state index contributed by atoms with van der Waals surface area (Å²) in [6, 6.07) is 9.13. The smallest absolute Gasteiger partial charge is 0.338 e. The highest BCUT2D eigenvalue weighted by Crippen LogP contribution is 2.25. The number of esters is 1. The molecule has 1 aromatic carbocycles. The first kappa shape index (κ1) is 17.8. The summed E-state index contributed by atoms with van der Waals surface area (Å²) in [6.07, 6.45) is 1.15. The van der Waals surface area contributed by atoms with Crippen LogP contribution in [0.4, 0.5) is 0 Å². The molecule has 1 atom stereocenters. The molecule has 6 nitrogen and oxygen atoms in total. The number of fused-ring (bicyclic) bond motifs is 1. The van der Waals surface area contributed by atoms with Crippen LogP contribution in [-0.2, 0) is 4.74 Å². The second-order valence-corrected chi connectivity index (χ2v) is 7.84. The van der Waals surface area contributed by atoms with Gasteiger partial charge in [-0.15, -0.1) is 11.3 Å². The van der Waals surface area contributed by atoms with E-state index in [1.165, 1.54) is 0 Å². The van der Waals surface area contributed by atoms with E-state index in [2.05, 4.69) is 35.9 Å². The molecule has 27 heavy (non-hydrogen) atoms. The van der Waals surface area contributed by atoms with Gasteiger partial charge in [-0.1, -0.05) is 12.1 Å². The Hall–Kier alpha value is -2.58. The van der Waals surface area contributed by atoms with Gasteiger partial charge in [-0.2, -0.15) is 0 Å². The molecule has 0 saturated carbocycles. The van der Waals surface area contributed by atoms with Gasteiger partial charge in [0.05, 0.1) is 11.1 Å². The average molecular weight is 443 g/mol. The van der Waals surface area contributed by atoms with Gasteiger partial charge >= 0.3 is 5.97 Å². The van der Waals surface area contributed by atoms with Gasteiger partial charge in [0.1, 0.15) is 10.8 Å². The number of aromatic nitrogens is 4. The van der Waals surface area contributed by atoms with E-state index in [9.17, 15) is 4.79 Å². The highest BCUT2D eigenvalue weighted by molar-refractivity contribution is 9.10. The first-order valence-corrected chi connectivity index (χ1v) is 9.91. The number of hydrogen-bond donors (Lipinski definition) is 1. The number of pyridine rings is 1. The van der Waals surface area contributed by atoms with Crippen LogP contribution in [0.15, 0.2) is 46.4 Å². The predicted octanol–water partition coefficient (Wildman–Crippen LogP) is 5.07. The van der Waals surface area contributed by atoms with Crippen LogP contribution < -0.4 is 0 Å². The van der Waals surface area contributed by atoms with E-state index < -0.39 is 12.1 Å². The van der Waals surface area contributed by atoms with Crippen molar-refractivity contribution in [2.24, 2.45) is 0 Å². The number of halogens is 1. The van der Waals surface area contributed by atoms with Crippen molar-refractivity contribution < 1.29 is 9.53 Å². The fourth-order valence-electron chi connectivity index (χ4n) is 2.61. The third kappa shape index (κ3) is 3.77. The molecule has 3 heterocycles. The maximum absolute atomic E-state index is 12.4. The number of aryl methyl sites for hydroxylation is 1. The van der Waals surface area contributed by atoms with E-state index in [0.717, 1.165) is 26.3 Å². The molecule has 0 fully saturated rings. The molecule has 1 unspecified atom stereocenters. The zero-order valence-electron chi connectivity index (χ0n) is 14.6. The molecule has 8 heteroatoms. The number of benzene rings is 1. The molecule has 1 N–H and O–H groups in total. The average Bonchev–Trinajstić information content (AvgIpc) is 3.27. The predicted molar refractivity (Wildman–Crippen MR) is 108 cm³/mol. The Morgan fingerprint density at radius 2 is 2.04 bits per heavy atom. The van der Waals surface area contributed by atoms with Gasteiger partial charge in [-0.25, -0.2) is 19.7 Å². The molecule has 136 valence electrons. The van der Waals surface area contributed by atoms with Crippen LogP contribution >= 0.6 is 27.3 Å². The first-order valence-electron chi connectivity index (χ1n) is 8.24. The van der Waals surface area contributed by atoms with E-state index in [4.69, 9.17) is 4.74 Å². The molecule has 0 aliphatic carbocycles. The first-order chi connectivity index (χ1) is 13.0. The number of carbonyl (C=O) groups excluding carboxylic acids is 1. The summed E-state index contributed by atoms with van der Waals surface area (Å²) in [4.78, 5) is 28.7. The van der Waals surface area contributed by atoms with Crippen molar-refractivity contribution in [2.45, 2.75) is 20.0 Å². The molecular formula is C19H15BrN4O2S. The fraction of sp³-hybridized carbons (Fsp3) is 0.158. The van der Waals surface area contributed by atoms with Crippen LogP contribution in [0, 0.1) is 6.92 Å². The van der Waals surface area contributed by atoms with E-state index >= 15 is 0 Å². The molecule has 4 rings (SSSR count). The number of carbonyl (C=O) groups is 1. The lowest BCUT2D eigenvalue weighted by Crippen LogP contribution is -2.10. The van der Waals surface area contributed by atoms with E-state index in [1.54, 1.807) is 36.6 Å². The molecule has 3 aromatic heterocycles. The molecule has 0 amide bonds. The lowest BCUT2D eigenvalue weighted by atomic mass is 10.1. The summed E-state index contributed by atoms with van der Waals surface area (Å²) in [7, 11) is 0. The highest BCUT2D eigenvalue weighted by Gasteiger charge is 2.18. The summed E-state index contributed by atoms with van der Waals surface area (Å²) in [5.41, 5.74) is 3.81. The molecule has 0 bridgehead atoms. The summed E-state index contributed by atoms with van der Waals surface area (Å²) >= 11 is 4.95. The summed E-state index contributed by atoms with van der Waals surface area (Å²) in [5.74, 6) is 0.151. The maximum atomic E-state index is 12.4. The van der Waals surface area contributed by atoms with E-state index in [1.807, 2.05) is 30.5 Å². The molecular weight excluding hydrogens is 428 g/mol. The standard InChI is InChI=1S/C19H15BrN4O2S/c1-10-9-27-18(22-10)12-3-5-13(6-4-12)19(25)26-11(2)16-23-15-7-14(20)8-21-17(15)24-16/h3-9,11H,1-2H3,(H,21,23,24). The van der Waals surface area contributed by atoms with E-state index in [-0.39, 0.29) is 0 Å². The van der Waals surface area contributed by atoms with Crippen LogP contribution in [0.1, 0.15) is 34.9 Å². The fourth-order valence-corrected chi connectivity index (χ4v) is 3.74.